The van der Waals surface area contributed by atoms with Crippen LogP contribution in [-0.4, -0.2) is 39.4 Å². The van der Waals surface area contributed by atoms with Crippen LogP contribution in [0.5, 0.6) is 0 Å². The number of hydrogen-bond donors (Lipinski definition) is 1. The van der Waals surface area contributed by atoms with Crippen LogP contribution in [0.25, 0.3) is 0 Å². The van der Waals surface area contributed by atoms with Crippen LogP contribution in [0.15, 0.2) is 27.6 Å². The highest BCUT2D eigenvalue weighted by Gasteiger charge is 2.31. The molecule has 4 nitrogen and oxygen atoms in total. The van der Waals surface area contributed by atoms with E-state index in [4.69, 9.17) is 0 Å². The maximum Gasteiger partial charge on any atom is 0.246 e. The lowest BCUT2D eigenvalue weighted by molar-refractivity contribution is 0.263. The van der Waals surface area contributed by atoms with Crippen LogP contribution >= 0.6 is 15.9 Å². The van der Waals surface area contributed by atoms with Gasteiger partial charge in [-0.2, -0.15) is 4.31 Å². The summed E-state index contributed by atoms with van der Waals surface area (Å²) < 4.78 is 40.9. The number of nitrogens with one attached hydrogen (secondary N) is 1. The average Bonchev–Trinajstić information content (AvgIpc) is 2.42. The first-order valence-corrected chi connectivity index (χ1v) is 8.78. The molecule has 20 heavy (non-hydrogen) atoms. The third kappa shape index (κ3) is 3.39. The zero-order valence-corrected chi connectivity index (χ0v) is 13.7. The van der Waals surface area contributed by atoms with E-state index in [0.29, 0.717) is 17.6 Å². The SMILES string of the molecule is CNCC1CCCN(S(=O)(=O)c2cc(Br)ccc2F)C1. The standard InChI is InChI=1S/C13H18BrFN2O2S/c1-16-8-10-3-2-6-17(9-10)20(18,19)13-7-11(14)4-5-12(13)15/h4-5,7,10,16H,2-3,6,8-9H2,1H3. The Kier molecular flexibility index (Phi) is 5.17. The van der Waals surface area contributed by atoms with Gasteiger partial charge in [0.05, 0.1) is 0 Å². The molecule has 1 heterocycles. The summed E-state index contributed by atoms with van der Waals surface area (Å²) in [5.41, 5.74) is 0. The summed E-state index contributed by atoms with van der Waals surface area (Å²) in [5, 5.41) is 3.07. The molecule has 112 valence electrons. The molecule has 0 bridgehead atoms. The van der Waals surface area contributed by atoms with Crippen molar-refractivity contribution in [1.82, 2.24) is 9.62 Å². The van der Waals surface area contributed by atoms with Gasteiger partial charge in [-0.1, -0.05) is 15.9 Å². The lowest BCUT2D eigenvalue weighted by Gasteiger charge is -2.31. The van der Waals surface area contributed by atoms with E-state index < -0.39 is 15.8 Å². The van der Waals surface area contributed by atoms with Crippen LogP contribution in [0.2, 0.25) is 0 Å². The molecule has 0 aromatic heterocycles. The first-order chi connectivity index (χ1) is 9.45. The molecule has 0 amide bonds. The van der Waals surface area contributed by atoms with Gasteiger partial charge < -0.3 is 5.32 Å². The monoisotopic (exact) mass is 364 g/mol. The van der Waals surface area contributed by atoms with Crippen molar-refractivity contribution in [2.75, 3.05) is 26.7 Å². The van der Waals surface area contributed by atoms with Gasteiger partial charge in [0.2, 0.25) is 10.0 Å². The van der Waals surface area contributed by atoms with E-state index >= 15 is 0 Å². The first kappa shape index (κ1) is 15.9. The number of halogens is 2. The van der Waals surface area contributed by atoms with Gasteiger partial charge in [0.15, 0.2) is 0 Å². The van der Waals surface area contributed by atoms with Crippen LogP contribution in [0.3, 0.4) is 0 Å². The second-order valence-corrected chi connectivity index (χ2v) is 7.83. The Morgan fingerprint density at radius 3 is 2.95 bits per heavy atom. The fraction of sp³-hybridized carbons (Fsp3) is 0.538. The quantitative estimate of drug-likeness (QED) is 0.890. The molecule has 1 aliphatic heterocycles. The Bertz CT molecular complexity index is 578. The highest BCUT2D eigenvalue weighted by molar-refractivity contribution is 9.10. The number of benzene rings is 1. The molecule has 0 aliphatic carbocycles. The summed E-state index contributed by atoms with van der Waals surface area (Å²) in [6, 6.07) is 3.99. The van der Waals surface area contributed by atoms with Gasteiger partial charge in [0.1, 0.15) is 10.7 Å². The van der Waals surface area contributed by atoms with Crippen molar-refractivity contribution in [3.05, 3.63) is 28.5 Å². The molecule has 0 saturated carbocycles. The molecular weight excluding hydrogens is 347 g/mol. The molecule has 1 atom stereocenters. The van der Waals surface area contributed by atoms with E-state index in [2.05, 4.69) is 21.2 Å². The van der Waals surface area contributed by atoms with Gasteiger partial charge in [-0.15, -0.1) is 0 Å². The molecule has 1 N–H and O–H groups in total. The zero-order chi connectivity index (χ0) is 14.8. The maximum atomic E-state index is 13.8. The van der Waals surface area contributed by atoms with Crippen molar-refractivity contribution >= 4 is 26.0 Å². The summed E-state index contributed by atoms with van der Waals surface area (Å²) in [5.74, 6) is -0.428. The average molecular weight is 365 g/mol. The summed E-state index contributed by atoms with van der Waals surface area (Å²) in [6.07, 6.45) is 1.80. The number of nitrogens with zero attached hydrogens (tertiary/aromatic N) is 1. The Balaban J connectivity index is 2.27. The maximum absolute atomic E-state index is 13.8. The molecule has 0 spiro atoms. The number of hydrogen-bond acceptors (Lipinski definition) is 3. The van der Waals surface area contributed by atoms with Crippen molar-refractivity contribution in [3.8, 4) is 0 Å². The molecule has 7 heteroatoms. The molecule has 1 aromatic carbocycles. The fourth-order valence-electron chi connectivity index (χ4n) is 2.51. The van der Waals surface area contributed by atoms with Gasteiger partial charge >= 0.3 is 0 Å². The minimum absolute atomic E-state index is 0.253. The lowest BCUT2D eigenvalue weighted by Crippen LogP contribution is -2.42. The van der Waals surface area contributed by atoms with Gasteiger partial charge in [0.25, 0.3) is 0 Å². The van der Waals surface area contributed by atoms with E-state index in [1.807, 2.05) is 7.05 Å². The van der Waals surface area contributed by atoms with E-state index in [-0.39, 0.29) is 10.8 Å². The predicted molar refractivity (Wildman–Crippen MR) is 79.5 cm³/mol. The van der Waals surface area contributed by atoms with Crippen molar-refractivity contribution in [1.29, 1.82) is 0 Å². The van der Waals surface area contributed by atoms with Gasteiger partial charge in [-0.05, 0) is 50.6 Å². The molecular formula is C13H18BrFN2O2S. The Morgan fingerprint density at radius 1 is 1.50 bits per heavy atom. The van der Waals surface area contributed by atoms with Crippen LogP contribution in [0.1, 0.15) is 12.8 Å². The Labute approximate surface area is 127 Å². The highest BCUT2D eigenvalue weighted by Crippen LogP contribution is 2.27. The van der Waals surface area contributed by atoms with Crippen LogP contribution in [0, 0.1) is 11.7 Å². The molecule has 1 fully saturated rings. The number of piperidine rings is 1. The topological polar surface area (TPSA) is 49.4 Å². The summed E-state index contributed by atoms with van der Waals surface area (Å²) in [4.78, 5) is -0.253. The molecule has 1 aliphatic rings. The normalized spacial score (nSPS) is 21.1. The molecule has 2 rings (SSSR count). The first-order valence-electron chi connectivity index (χ1n) is 6.55. The molecule has 0 radical (unpaired) electrons. The predicted octanol–water partition coefficient (Wildman–Crippen LogP) is 2.21. The number of rotatable bonds is 4. The zero-order valence-electron chi connectivity index (χ0n) is 11.3. The second kappa shape index (κ2) is 6.51. The van der Waals surface area contributed by atoms with Crippen molar-refractivity contribution in [3.63, 3.8) is 0 Å². The van der Waals surface area contributed by atoms with E-state index in [0.717, 1.165) is 19.4 Å². The minimum atomic E-state index is -3.77. The van der Waals surface area contributed by atoms with Crippen molar-refractivity contribution in [2.45, 2.75) is 17.7 Å². The van der Waals surface area contributed by atoms with Crippen LogP contribution in [0.4, 0.5) is 4.39 Å². The third-order valence-electron chi connectivity index (χ3n) is 3.49. The van der Waals surface area contributed by atoms with E-state index in [1.54, 1.807) is 0 Å². The number of sulfonamides is 1. The third-order valence-corrected chi connectivity index (χ3v) is 5.86. The van der Waals surface area contributed by atoms with Crippen molar-refractivity contribution in [2.24, 2.45) is 5.92 Å². The summed E-state index contributed by atoms with van der Waals surface area (Å²) in [6.45, 7) is 1.66. The van der Waals surface area contributed by atoms with Gasteiger partial charge in [0, 0.05) is 17.6 Å². The van der Waals surface area contributed by atoms with E-state index in [9.17, 15) is 12.8 Å². The smallest absolute Gasteiger partial charge is 0.246 e. The van der Waals surface area contributed by atoms with E-state index in [1.165, 1.54) is 22.5 Å². The van der Waals surface area contributed by atoms with Gasteiger partial charge in [-0.25, -0.2) is 12.8 Å². The highest BCUT2D eigenvalue weighted by atomic mass is 79.9. The van der Waals surface area contributed by atoms with Crippen LogP contribution < -0.4 is 5.32 Å². The Morgan fingerprint density at radius 2 is 2.25 bits per heavy atom. The van der Waals surface area contributed by atoms with Crippen LogP contribution in [-0.2, 0) is 10.0 Å². The second-order valence-electron chi connectivity index (χ2n) is 5.00. The van der Waals surface area contributed by atoms with Crippen molar-refractivity contribution < 1.29 is 12.8 Å². The summed E-state index contributed by atoms with van der Waals surface area (Å²) in [7, 11) is -1.92. The lowest BCUT2D eigenvalue weighted by atomic mass is 10.00. The largest absolute Gasteiger partial charge is 0.319 e. The minimum Gasteiger partial charge on any atom is -0.319 e. The summed E-state index contributed by atoms with van der Waals surface area (Å²) >= 11 is 3.19. The molecule has 1 aromatic rings. The molecule has 1 unspecified atom stereocenters. The molecule has 1 saturated heterocycles. The van der Waals surface area contributed by atoms with Gasteiger partial charge in [-0.3, -0.25) is 0 Å². The fourth-order valence-corrected chi connectivity index (χ4v) is 4.67. The Hall–Kier alpha value is -0.500.